The third-order valence-electron chi connectivity index (χ3n) is 2.48. The van der Waals surface area contributed by atoms with Gasteiger partial charge in [0.05, 0.1) is 10.1 Å². The molecular weight excluding hydrogens is 355 g/mol. The molecule has 0 saturated heterocycles. The average molecular weight is 366 g/mol. The van der Waals surface area contributed by atoms with Crippen LogP contribution in [0.3, 0.4) is 0 Å². The first kappa shape index (κ1) is 14.8. The Labute approximate surface area is 118 Å². The molecule has 0 aliphatic heterocycles. The molecule has 1 aromatic heterocycles. The van der Waals surface area contributed by atoms with Gasteiger partial charge in [0.15, 0.2) is 9.84 Å². The van der Waals surface area contributed by atoms with Crippen LogP contribution in [0.1, 0.15) is 24.1 Å². The Morgan fingerprint density at radius 2 is 2.00 bits per heavy atom. The summed E-state index contributed by atoms with van der Waals surface area (Å²) < 4.78 is 23.6. The number of alkyl halides is 1. The van der Waals surface area contributed by atoms with Crippen LogP contribution in [-0.4, -0.2) is 19.4 Å². The van der Waals surface area contributed by atoms with Gasteiger partial charge in [-0.25, -0.2) is 8.42 Å². The molecule has 0 amide bonds. The van der Waals surface area contributed by atoms with Gasteiger partial charge in [-0.3, -0.25) is 0 Å². The lowest BCUT2D eigenvalue weighted by molar-refractivity contribution is 0.545. The van der Waals surface area contributed by atoms with E-state index in [1.807, 2.05) is 0 Å². The minimum Gasteiger partial charge on any atom is -0.229 e. The van der Waals surface area contributed by atoms with Crippen LogP contribution in [0.15, 0.2) is 10.5 Å². The fourth-order valence-corrected chi connectivity index (χ4v) is 4.18. The number of hydrogen-bond acceptors (Lipinski definition) is 3. The molecule has 0 spiro atoms. The molecule has 0 saturated carbocycles. The number of thiophene rings is 1. The van der Waals surface area contributed by atoms with Crippen LogP contribution >= 0.6 is 50.5 Å². The Morgan fingerprint density at radius 3 is 2.31 bits per heavy atom. The zero-order valence-corrected chi connectivity index (χ0v) is 13.7. The van der Waals surface area contributed by atoms with Crippen LogP contribution in [0.4, 0.5) is 0 Å². The number of rotatable bonds is 3. The third-order valence-corrected chi connectivity index (χ3v) is 8.21. The van der Waals surface area contributed by atoms with Gasteiger partial charge in [0.1, 0.15) is 4.34 Å². The maximum Gasteiger partial charge on any atom is 0.154 e. The molecule has 1 aromatic rings. The van der Waals surface area contributed by atoms with E-state index in [0.29, 0.717) is 4.34 Å². The molecule has 0 radical (unpaired) electrons. The van der Waals surface area contributed by atoms with Crippen molar-refractivity contribution in [1.29, 1.82) is 0 Å². The van der Waals surface area contributed by atoms with E-state index in [1.165, 1.54) is 17.6 Å². The van der Waals surface area contributed by atoms with E-state index in [0.717, 1.165) is 9.35 Å². The van der Waals surface area contributed by atoms with E-state index in [4.69, 9.17) is 23.2 Å². The van der Waals surface area contributed by atoms with Crippen molar-refractivity contribution in [3.8, 4) is 0 Å². The lowest BCUT2D eigenvalue weighted by Crippen LogP contribution is -2.35. The highest BCUT2D eigenvalue weighted by atomic mass is 79.9. The maximum absolute atomic E-state index is 11.6. The van der Waals surface area contributed by atoms with Crippen molar-refractivity contribution in [3.63, 3.8) is 0 Å². The van der Waals surface area contributed by atoms with Crippen molar-refractivity contribution in [2.75, 3.05) is 6.26 Å². The van der Waals surface area contributed by atoms with Crippen LogP contribution < -0.4 is 0 Å². The molecule has 0 aliphatic rings. The largest absolute Gasteiger partial charge is 0.229 e. The maximum atomic E-state index is 11.6. The fourth-order valence-electron chi connectivity index (χ4n) is 1.02. The van der Waals surface area contributed by atoms with Gasteiger partial charge in [0, 0.05) is 15.6 Å². The smallest absolute Gasteiger partial charge is 0.154 e. The van der Waals surface area contributed by atoms with Crippen LogP contribution in [-0.2, 0) is 9.84 Å². The van der Waals surface area contributed by atoms with E-state index in [2.05, 4.69) is 15.9 Å². The van der Waals surface area contributed by atoms with Gasteiger partial charge in [0.25, 0.3) is 0 Å². The predicted octanol–water partition coefficient (Wildman–Crippen LogP) is 4.27. The topological polar surface area (TPSA) is 34.1 Å². The molecule has 92 valence electrons. The summed E-state index contributed by atoms with van der Waals surface area (Å²) in [6, 6.07) is 1.76. The van der Waals surface area contributed by atoms with Crippen molar-refractivity contribution in [3.05, 3.63) is 19.8 Å². The first-order valence-electron chi connectivity index (χ1n) is 4.35. The molecule has 7 heteroatoms. The highest BCUT2D eigenvalue weighted by Crippen LogP contribution is 2.44. The summed E-state index contributed by atoms with van der Waals surface area (Å²) in [7, 11) is -3.24. The lowest BCUT2D eigenvalue weighted by atomic mass is 10.1. The summed E-state index contributed by atoms with van der Waals surface area (Å²) in [5, 5.41) is -0.615. The second-order valence-electron chi connectivity index (χ2n) is 4.01. The Balaban J connectivity index is 3.17. The van der Waals surface area contributed by atoms with Crippen molar-refractivity contribution in [1.82, 2.24) is 0 Å². The van der Waals surface area contributed by atoms with Gasteiger partial charge >= 0.3 is 0 Å². The van der Waals surface area contributed by atoms with E-state index >= 15 is 0 Å². The summed E-state index contributed by atoms with van der Waals surface area (Å²) >= 11 is 16.7. The van der Waals surface area contributed by atoms with Crippen molar-refractivity contribution >= 4 is 60.3 Å². The molecule has 0 fully saturated rings. The van der Waals surface area contributed by atoms with Crippen LogP contribution in [0.5, 0.6) is 0 Å². The van der Waals surface area contributed by atoms with E-state index in [-0.39, 0.29) is 0 Å². The van der Waals surface area contributed by atoms with Gasteiger partial charge in [-0.1, -0.05) is 11.6 Å². The summed E-state index contributed by atoms with van der Waals surface area (Å²) in [6.07, 6.45) is 1.19. The number of halogens is 3. The van der Waals surface area contributed by atoms with Crippen LogP contribution in [0.2, 0.25) is 4.34 Å². The highest BCUT2D eigenvalue weighted by Gasteiger charge is 2.39. The zero-order chi connectivity index (χ0) is 12.7. The summed E-state index contributed by atoms with van der Waals surface area (Å²) in [4.78, 5) is 0.744. The average Bonchev–Trinajstić information content (AvgIpc) is 2.43. The number of sulfone groups is 1. The fraction of sp³-hybridized carbons (Fsp3) is 0.556. The molecule has 1 atom stereocenters. The minimum absolute atomic E-state index is 0.574. The summed E-state index contributed by atoms with van der Waals surface area (Å²) in [5.74, 6) is 0. The summed E-state index contributed by atoms with van der Waals surface area (Å²) in [6.45, 7) is 3.23. The second kappa shape index (κ2) is 4.76. The van der Waals surface area contributed by atoms with Gasteiger partial charge in [-0.05, 0) is 35.8 Å². The molecule has 1 heterocycles. The van der Waals surface area contributed by atoms with Gasteiger partial charge in [0.2, 0.25) is 0 Å². The van der Waals surface area contributed by atoms with Crippen LogP contribution in [0.25, 0.3) is 0 Å². The normalized spacial score (nSPS) is 15.1. The third kappa shape index (κ3) is 2.75. The molecule has 0 N–H and O–H groups in total. The first-order valence-corrected chi connectivity index (χ1v) is 8.67. The molecule has 0 bridgehead atoms. The molecule has 1 unspecified atom stereocenters. The van der Waals surface area contributed by atoms with Gasteiger partial charge in [-0.2, -0.15) is 0 Å². The van der Waals surface area contributed by atoms with Crippen molar-refractivity contribution < 1.29 is 8.42 Å². The molecule has 16 heavy (non-hydrogen) atoms. The minimum atomic E-state index is -3.24. The Hall–Kier alpha value is 0.710. The second-order valence-corrected chi connectivity index (χ2v) is 9.58. The Bertz CT molecular complexity index is 474. The molecule has 2 nitrogen and oxygen atoms in total. The molecule has 1 rings (SSSR count). The van der Waals surface area contributed by atoms with Gasteiger partial charge < -0.3 is 0 Å². The zero-order valence-electron chi connectivity index (χ0n) is 8.92. The Morgan fingerprint density at radius 1 is 1.50 bits per heavy atom. The lowest BCUT2D eigenvalue weighted by Gasteiger charge is -2.27. The van der Waals surface area contributed by atoms with Gasteiger partial charge in [-0.15, -0.1) is 22.9 Å². The SMILES string of the molecule is CC(C)(C(Cl)c1cc(Br)c(Cl)s1)S(C)(=O)=O. The molecule has 0 aliphatic carbocycles. The van der Waals surface area contributed by atoms with E-state index in [9.17, 15) is 8.42 Å². The molecular formula is C9H11BrCl2O2S2. The first-order chi connectivity index (χ1) is 7.07. The highest BCUT2D eigenvalue weighted by molar-refractivity contribution is 9.10. The standard InChI is InChI=1S/C9H11BrCl2O2S2/c1-9(2,16(3,13)14)7(11)6-4-5(10)8(12)15-6/h4,7H,1-3H3. The van der Waals surface area contributed by atoms with Crippen molar-refractivity contribution in [2.45, 2.75) is 24.0 Å². The quantitative estimate of drug-likeness (QED) is 0.749. The number of hydrogen-bond donors (Lipinski definition) is 0. The van der Waals surface area contributed by atoms with E-state index < -0.39 is 20.0 Å². The van der Waals surface area contributed by atoms with Crippen LogP contribution in [0, 0.1) is 0 Å². The predicted molar refractivity (Wildman–Crippen MR) is 74.5 cm³/mol. The van der Waals surface area contributed by atoms with E-state index in [1.54, 1.807) is 19.9 Å². The Kier molecular flexibility index (Phi) is 4.40. The molecule has 0 aromatic carbocycles. The van der Waals surface area contributed by atoms with Crippen molar-refractivity contribution in [2.24, 2.45) is 0 Å². The monoisotopic (exact) mass is 364 g/mol. The summed E-state index contributed by atoms with van der Waals surface area (Å²) in [5.41, 5.74) is 0.